The predicted molar refractivity (Wildman–Crippen MR) is 99.0 cm³/mol. The van der Waals surface area contributed by atoms with Gasteiger partial charge >= 0.3 is 0 Å². The van der Waals surface area contributed by atoms with E-state index in [-0.39, 0.29) is 10.9 Å². The minimum atomic E-state index is -0.462. The van der Waals surface area contributed by atoms with Crippen molar-refractivity contribution in [3.8, 4) is 0 Å². The molecule has 2 heterocycles. The third-order valence-electron chi connectivity index (χ3n) is 4.02. The van der Waals surface area contributed by atoms with Crippen LogP contribution in [0.2, 0.25) is 0 Å². The summed E-state index contributed by atoms with van der Waals surface area (Å²) < 4.78 is 15.1. The number of nitrogens with one attached hydrogen (secondary N) is 1. The van der Waals surface area contributed by atoms with Gasteiger partial charge in [0.1, 0.15) is 5.82 Å². The Bertz CT molecular complexity index is 1110. The smallest absolute Gasteiger partial charge is 0.263 e. The van der Waals surface area contributed by atoms with E-state index >= 15 is 0 Å². The summed E-state index contributed by atoms with van der Waals surface area (Å²) in [6, 6.07) is 17.2. The van der Waals surface area contributed by atoms with Gasteiger partial charge in [-0.15, -0.1) is 0 Å². The lowest BCUT2D eigenvalue weighted by molar-refractivity contribution is 0.629. The van der Waals surface area contributed by atoms with Crippen LogP contribution in [0.4, 0.5) is 16.0 Å². The molecule has 128 valence electrons. The molecule has 2 aromatic carbocycles. The number of hydrogen-bond donors (Lipinski definition) is 1. The number of rotatable bonds is 4. The third-order valence-corrected chi connectivity index (χ3v) is 4.02. The van der Waals surface area contributed by atoms with Crippen LogP contribution in [0, 0.1) is 5.82 Å². The van der Waals surface area contributed by atoms with E-state index in [2.05, 4.69) is 15.3 Å². The van der Waals surface area contributed by atoms with Crippen molar-refractivity contribution in [1.82, 2.24) is 14.5 Å². The molecule has 0 saturated carbocycles. The lowest BCUT2D eigenvalue weighted by Crippen LogP contribution is -2.25. The van der Waals surface area contributed by atoms with Crippen LogP contribution in [0.25, 0.3) is 10.9 Å². The summed E-state index contributed by atoms with van der Waals surface area (Å²) in [5, 5.41) is 3.38. The average Bonchev–Trinajstić information content (AvgIpc) is 2.67. The summed E-state index contributed by atoms with van der Waals surface area (Å²) in [6.45, 7) is 0.321. The summed E-state index contributed by atoms with van der Waals surface area (Å²) in [7, 11) is 0. The van der Waals surface area contributed by atoms with Crippen molar-refractivity contribution in [3.63, 3.8) is 0 Å². The molecular weight excluding hydrogens is 331 g/mol. The normalized spacial score (nSPS) is 10.8. The maximum atomic E-state index is 13.6. The Labute approximate surface area is 148 Å². The molecule has 5 nitrogen and oxygen atoms in total. The van der Waals surface area contributed by atoms with E-state index in [4.69, 9.17) is 0 Å². The molecule has 0 aliphatic rings. The van der Waals surface area contributed by atoms with Gasteiger partial charge in [0.25, 0.3) is 5.56 Å². The zero-order valence-corrected chi connectivity index (χ0v) is 13.8. The second-order valence-electron chi connectivity index (χ2n) is 5.84. The maximum Gasteiger partial charge on any atom is 0.263 e. The molecule has 1 N–H and O–H groups in total. The molecule has 0 spiro atoms. The second kappa shape index (κ2) is 6.76. The zero-order chi connectivity index (χ0) is 17.9. The SMILES string of the molecule is O=c1c2cc(F)ccc2nc(Nc2cccnc2)n1Cc1ccccc1. The molecule has 0 amide bonds. The first-order valence-electron chi connectivity index (χ1n) is 8.12. The van der Waals surface area contributed by atoms with Gasteiger partial charge in [-0.2, -0.15) is 0 Å². The largest absolute Gasteiger partial charge is 0.324 e. The van der Waals surface area contributed by atoms with Gasteiger partial charge in [0.2, 0.25) is 5.95 Å². The molecule has 2 aromatic heterocycles. The maximum absolute atomic E-state index is 13.6. The van der Waals surface area contributed by atoms with Crippen molar-refractivity contribution in [1.29, 1.82) is 0 Å². The van der Waals surface area contributed by atoms with Crippen LogP contribution in [0.15, 0.2) is 77.9 Å². The highest BCUT2D eigenvalue weighted by molar-refractivity contribution is 5.79. The predicted octanol–water partition coefficient (Wildman–Crippen LogP) is 3.72. The van der Waals surface area contributed by atoms with Gasteiger partial charge in [0.15, 0.2) is 0 Å². The molecule has 0 bridgehead atoms. The van der Waals surface area contributed by atoms with Crippen LogP contribution >= 0.6 is 0 Å². The molecule has 0 atom stereocenters. The first-order valence-corrected chi connectivity index (χ1v) is 8.12. The van der Waals surface area contributed by atoms with Gasteiger partial charge < -0.3 is 5.32 Å². The minimum absolute atomic E-state index is 0.248. The quantitative estimate of drug-likeness (QED) is 0.612. The molecule has 0 unspecified atom stereocenters. The summed E-state index contributed by atoms with van der Waals surface area (Å²) >= 11 is 0. The highest BCUT2D eigenvalue weighted by atomic mass is 19.1. The van der Waals surface area contributed by atoms with Crippen molar-refractivity contribution < 1.29 is 4.39 Å². The van der Waals surface area contributed by atoms with Crippen molar-refractivity contribution in [2.24, 2.45) is 0 Å². The average molecular weight is 346 g/mol. The molecular formula is C20H15FN4O. The Balaban J connectivity index is 1.88. The number of hydrogen-bond acceptors (Lipinski definition) is 4. The van der Waals surface area contributed by atoms with E-state index in [9.17, 15) is 9.18 Å². The van der Waals surface area contributed by atoms with E-state index < -0.39 is 5.82 Å². The van der Waals surface area contributed by atoms with Crippen molar-refractivity contribution in [2.45, 2.75) is 6.54 Å². The molecule has 0 aliphatic carbocycles. The summed E-state index contributed by atoms with van der Waals surface area (Å²) in [5.41, 5.74) is 1.79. The molecule has 0 aliphatic heterocycles. The lowest BCUT2D eigenvalue weighted by Gasteiger charge is -2.15. The van der Waals surface area contributed by atoms with Crippen LogP contribution in [-0.4, -0.2) is 14.5 Å². The van der Waals surface area contributed by atoms with Gasteiger partial charge in [0, 0.05) is 6.20 Å². The van der Waals surface area contributed by atoms with Gasteiger partial charge in [-0.3, -0.25) is 14.3 Å². The van der Waals surface area contributed by atoms with Gasteiger partial charge in [-0.25, -0.2) is 9.37 Å². The van der Waals surface area contributed by atoms with Crippen LogP contribution in [0.1, 0.15) is 5.56 Å². The Kier molecular flexibility index (Phi) is 4.15. The number of fused-ring (bicyclic) bond motifs is 1. The topological polar surface area (TPSA) is 59.8 Å². The number of benzene rings is 2. The van der Waals surface area contributed by atoms with Crippen molar-refractivity contribution in [3.05, 3.63) is 94.8 Å². The Morgan fingerprint density at radius 1 is 1.04 bits per heavy atom. The van der Waals surface area contributed by atoms with Gasteiger partial charge in [0.05, 0.1) is 29.3 Å². The number of anilines is 2. The molecule has 0 radical (unpaired) electrons. The van der Waals surface area contributed by atoms with Crippen LogP contribution < -0.4 is 10.9 Å². The van der Waals surface area contributed by atoms with Crippen molar-refractivity contribution >= 4 is 22.5 Å². The summed E-state index contributed by atoms with van der Waals surface area (Å²) in [6.07, 6.45) is 3.31. The van der Waals surface area contributed by atoms with Crippen LogP contribution in [0.5, 0.6) is 0 Å². The Morgan fingerprint density at radius 2 is 1.88 bits per heavy atom. The van der Waals surface area contributed by atoms with E-state index in [1.807, 2.05) is 36.4 Å². The van der Waals surface area contributed by atoms with E-state index in [0.717, 1.165) is 5.56 Å². The monoisotopic (exact) mass is 346 g/mol. The molecule has 4 rings (SSSR count). The number of nitrogens with zero attached hydrogens (tertiary/aromatic N) is 3. The fourth-order valence-corrected chi connectivity index (χ4v) is 2.77. The standard InChI is InChI=1S/C20H15FN4O/c21-15-8-9-18-17(11-15)19(26)25(13-14-5-2-1-3-6-14)20(24-18)23-16-7-4-10-22-12-16/h1-12H,13H2,(H,23,24). The first-order chi connectivity index (χ1) is 12.7. The highest BCUT2D eigenvalue weighted by Crippen LogP contribution is 2.18. The lowest BCUT2D eigenvalue weighted by atomic mass is 10.2. The molecule has 6 heteroatoms. The minimum Gasteiger partial charge on any atom is -0.324 e. The zero-order valence-electron chi connectivity index (χ0n) is 13.8. The molecule has 4 aromatic rings. The van der Waals surface area contributed by atoms with E-state index in [1.165, 1.54) is 22.8 Å². The fourth-order valence-electron chi connectivity index (χ4n) is 2.77. The molecule has 0 saturated heterocycles. The Hall–Kier alpha value is -3.54. The number of halogens is 1. The van der Waals surface area contributed by atoms with E-state index in [1.54, 1.807) is 18.5 Å². The highest BCUT2D eigenvalue weighted by Gasteiger charge is 2.13. The van der Waals surface area contributed by atoms with Crippen molar-refractivity contribution in [2.75, 3.05) is 5.32 Å². The molecule has 26 heavy (non-hydrogen) atoms. The summed E-state index contributed by atoms with van der Waals surface area (Å²) in [4.78, 5) is 21.6. The fraction of sp³-hybridized carbons (Fsp3) is 0.0500. The summed E-state index contributed by atoms with van der Waals surface area (Å²) in [5.74, 6) is -0.0819. The third kappa shape index (κ3) is 3.17. The van der Waals surface area contributed by atoms with Gasteiger partial charge in [-0.1, -0.05) is 30.3 Å². The number of aromatic nitrogens is 3. The van der Waals surface area contributed by atoms with Crippen LogP contribution in [0.3, 0.4) is 0 Å². The van der Waals surface area contributed by atoms with Crippen LogP contribution in [-0.2, 0) is 6.54 Å². The Morgan fingerprint density at radius 3 is 2.65 bits per heavy atom. The van der Waals surface area contributed by atoms with Gasteiger partial charge in [-0.05, 0) is 35.9 Å². The first kappa shape index (κ1) is 16.0. The van der Waals surface area contributed by atoms with E-state index in [0.29, 0.717) is 23.7 Å². The second-order valence-corrected chi connectivity index (χ2v) is 5.84. The number of pyridine rings is 1. The molecule has 0 fully saturated rings.